The molecule has 138 valence electrons. The van der Waals surface area contributed by atoms with Crippen LogP contribution in [-0.4, -0.2) is 53.6 Å². The van der Waals surface area contributed by atoms with Gasteiger partial charge in [-0.1, -0.05) is 18.7 Å². The molecule has 0 saturated carbocycles. The summed E-state index contributed by atoms with van der Waals surface area (Å²) >= 11 is 0. The SMILES string of the molecule is C=CC(=O)N1CCCC(C(=O)N2CCc3ccc(C(C)=O)cc3CC2)C1. The molecule has 0 N–H and O–H groups in total. The van der Waals surface area contributed by atoms with Crippen LogP contribution >= 0.6 is 0 Å². The first-order valence-corrected chi connectivity index (χ1v) is 9.32. The van der Waals surface area contributed by atoms with Crippen LogP contribution in [0.4, 0.5) is 0 Å². The first kappa shape index (κ1) is 18.4. The molecule has 0 bridgehead atoms. The predicted molar refractivity (Wildman–Crippen MR) is 99.9 cm³/mol. The first-order chi connectivity index (χ1) is 12.5. The number of ketones is 1. The zero-order valence-electron chi connectivity index (χ0n) is 15.4. The van der Waals surface area contributed by atoms with Crippen LogP contribution in [0, 0.1) is 5.92 Å². The highest BCUT2D eigenvalue weighted by Gasteiger charge is 2.31. The summed E-state index contributed by atoms with van der Waals surface area (Å²) in [6.45, 7) is 7.66. The van der Waals surface area contributed by atoms with Gasteiger partial charge >= 0.3 is 0 Å². The number of rotatable bonds is 3. The number of piperidine rings is 1. The third-order valence-corrected chi connectivity index (χ3v) is 5.48. The maximum atomic E-state index is 13.0. The minimum atomic E-state index is -0.123. The maximum Gasteiger partial charge on any atom is 0.245 e. The van der Waals surface area contributed by atoms with Gasteiger partial charge in [0, 0.05) is 31.7 Å². The Kier molecular flexibility index (Phi) is 5.55. The average molecular weight is 354 g/mol. The van der Waals surface area contributed by atoms with Crippen LogP contribution in [-0.2, 0) is 22.4 Å². The number of hydrogen-bond donors (Lipinski definition) is 0. The van der Waals surface area contributed by atoms with Crippen molar-refractivity contribution in [3.63, 3.8) is 0 Å². The van der Waals surface area contributed by atoms with Crippen molar-refractivity contribution in [2.24, 2.45) is 5.92 Å². The number of nitrogens with zero attached hydrogens (tertiary/aromatic N) is 2. The normalized spacial score (nSPS) is 20.1. The van der Waals surface area contributed by atoms with E-state index in [9.17, 15) is 14.4 Å². The van der Waals surface area contributed by atoms with E-state index in [0.717, 1.165) is 31.2 Å². The topological polar surface area (TPSA) is 57.7 Å². The lowest BCUT2D eigenvalue weighted by atomic mass is 9.96. The van der Waals surface area contributed by atoms with Gasteiger partial charge in [-0.15, -0.1) is 0 Å². The highest BCUT2D eigenvalue weighted by molar-refractivity contribution is 5.94. The lowest BCUT2D eigenvalue weighted by Gasteiger charge is -2.34. The predicted octanol–water partition coefficient (Wildman–Crippen LogP) is 2.24. The Labute approximate surface area is 154 Å². The molecule has 0 radical (unpaired) electrons. The molecule has 1 saturated heterocycles. The van der Waals surface area contributed by atoms with Gasteiger partial charge in [0.1, 0.15) is 0 Å². The second-order valence-corrected chi connectivity index (χ2v) is 7.19. The highest BCUT2D eigenvalue weighted by atomic mass is 16.2. The largest absolute Gasteiger partial charge is 0.342 e. The Morgan fingerprint density at radius 1 is 1.08 bits per heavy atom. The van der Waals surface area contributed by atoms with Gasteiger partial charge in [-0.2, -0.15) is 0 Å². The van der Waals surface area contributed by atoms with Crippen molar-refractivity contribution >= 4 is 17.6 Å². The quantitative estimate of drug-likeness (QED) is 0.618. The number of carbonyl (C=O) groups is 3. The molecule has 26 heavy (non-hydrogen) atoms. The Bertz CT molecular complexity index is 741. The van der Waals surface area contributed by atoms with Crippen LogP contribution in [0.3, 0.4) is 0 Å². The molecular formula is C21H26N2O3. The molecule has 1 aromatic rings. The molecule has 0 aliphatic carbocycles. The summed E-state index contributed by atoms with van der Waals surface area (Å²) in [6.07, 6.45) is 4.58. The molecule has 1 fully saturated rings. The molecule has 5 nitrogen and oxygen atoms in total. The standard InChI is InChI=1S/C21H26N2O3/c1-3-20(25)23-10-4-5-19(14-23)21(26)22-11-8-16-6-7-17(15(2)24)13-18(16)9-12-22/h3,6-7,13,19H,1,4-5,8-12,14H2,2H3. The van der Waals surface area contributed by atoms with Gasteiger partial charge in [-0.25, -0.2) is 0 Å². The fraction of sp³-hybridized carbons (Fsp3) is 0.476. The van der Waals surface area contributed by atoms with E-state index >= 15 is 0 Å². The van der Waals surface area contributed by atoms with Crippen LogP contribution in [0.1, 0.15) is 41.3 Å². The maximum absolute atomic E-state index is 13.0. The summed E-state index contributed by atoms with van der Waals surface area (Å²) in [5.74, 6) is -0.00509. The first-order valence-electron chi connectivity index (χ1n) is 9.32. The van der Waals surface area contributed by atoms with Gasteiger partial charge in [-0.3, -0.25) is 14.4 Å². The summed E-state index contributed by atoms with van der Waals surface area (Å²) in [4.78, 5) is 40.1. The Morgan fingerprint density at radius 3 is 2.50 bits per heavy atom. The second kappa shape index (κ2) is 7.85. The van der Waals surface area contributed by atoms with Gasteiger partial charge in [0.25, 0.3) is 0 Å². The summed E-state index contributed by atoms with van der Waals surface area (Å²) in [5.41, 5.74) is 3.12. The highest BCUT2D eigenvalue weighted by Crippen LogP contribution is 2.23. The van der Waals surface area contributed by atoms with Crippen LogP contribution in [0.15, 0.2) is 30.9 Å². The minimum absolute atomic E-state index is 0.0687. The van der Waals surface area contributed by atoms with Gasteiger partial charge in [0.05, 0.1) is 5.92 Å². The Morgan fingerprint density at radius 2 is 1.81 bits per heavy atom. The molecule has 1 unspecified atom stereocenters. The van der Waals surface area contributed by atoms with E-state index in [-0.39, 0.29) is 23.5 Å². The van der Waals surface area contributed by atoms with Gasteiger partial charge < -0.3 is 9.80 Å². The van der Waals surface area contributed by atoms with E-state index in [1.54, 1.807) is 11.8 Å². The van der Waals surface area contributed by atoms with Crippen molar-refractivity contribution in [2.75, 3.05) is 26.2 Å². The van der Waals surface area contributed by atoms with Crippen LogP contribution < -0.4 is 0 Å². The fourth-order valence-electron chi connectivity index (χ4n) is 3.93. The average Bonchev–Trinajstić information content (AvgIpc) is 2.88. The number of benzene rings is 1. The molecule has 2 heterocycles. The molecule has 5 heteroatoms. The Balaban J connectivity index is 1.67. The number of amides is 2. The third-order valence-electron chi connectivity index (χ3n) is 5.48. The number of Topliss-reactive ketones (excluding diaryl/α,β-unsaturated/α-hetero) is 1. The van der Waals surface area contributed by atoms with Crippen molar-refractivity contribution in [1.29, 1.82) is 0 Å². The van der Waals surface area contributed by atoms with E-state index < -0.39 is 0 Å². The fourth-order valence-corrected chi connectivity index (χ4v) is 3.93. The molecule has 1 aromatic carbocycles. The Hall–Kier alpha value is -2.43. The van der Waals surface area contributed by atoms with Crippen LogP contribution in [0.25, 0.3) is 0 Å². The zero-order valence-corrected chi connectivity index (χ0v) is 15.4. The van der Waals surface area contributed by atoms with Crippen LogP contribution in [0.2, 0.25) is 0 Å². The van der Waals surface area contributed by atoms with E-state index in [4.69, 9.17) is 0 Å². The smallest absolute Gasteiger partial charge is 0.245 e. The summed E-state index contributed by atoms with van der Waals surface area (Å²) in [5, 5.41) is 0. The molecule has 3 rings (SSSR count). The molecule has 2 aliphatic rings. The second-order valence-electron chi connectivity index (χ2n) is 7.19. The lowest BCUT2D eigenvalue weighted by Crippen LogP contribution is -2.47. The summed E-state index contributed by atoms with van der Waals surface area (Å²) in [7, 11) is 0. The molecule has 0 spiro atoms. The molecule has 2 aliphatic heterocycles. The van der Waals surface area contributed by atoms with Crippen LogP contribution in [0.5, 0.6) is 0 Å². The van der Waals surface area contributed by atoms with Gasteiger partial charge in [-0.05, 0) is 55.9 Å². The number of likely N-dealkylation sites (tertiary alicyclic amines) is 1. The number of hydrogen-bond acceptors (Lipinski definition) is 3. The summed E-state index contributed by atoms with van der Waals surface area (Å²) < 4.78 is 0. The van der Waals surface area contributed by atoms with E-state index in [1.165, 1.54) is 17.2 Å². The molecule has 2 amide bonds. The van der Waals surface area contributed by atoms with Crippen molar-refractivity contribution in [3.8, 4) is 0 Å². The van der Waals surface area contributed by atoms with Crippen molar-refractivity contribution < 1.29 is 14.4 Å². The van der Waals surface area contributed by atoms with Gasteiger partial charge in [0.15, 0.2) is 5.78 Å². The molecule has 0 aromatic heterocycles. The third kappa shape index (κ3) is 3.87. The van der Waals surface area contributed by atoms with Gasteiger partial charge in [0.2, 0.25) is 11.8 Å². The van der Waals surface area contributed by atoms with E-state index in [2.05, 4.69) is 6.58 Å². The zero-order chi connectivity index (χ0) is 18.7. The van der Waals surface area contributed by atoms with Crippen molar-refractivity contribution in [1.82, 2.24) is 9.80 Å². The van der Waals surface area contributed by atoms with Crippen molar-refractivity contribution in [3.05, 3.63) is 47.5 Å². The number of carbonyl (C=O) groups excluding carboxylic acids is 3. The molecular weight excluding hydrogens is 328 g/mol. The monoisotopic (exact) mass is 354 g/mol. The molecule has 1 atom stereocenters. The minimum Gasteiger partial charge on any atom is -0.342 e. The van der Waals surface area contributed by atoms with Crippen molar-refractivity contribution in [2.45, 2.75) is 32.6 Å². The summed E-state index contributed by atoms with van der Waals surface area (Å²) in [6, 6.07) is 5.86. The number of fused-ring (bicyclic) bond motifs is 1. The van der Waals surface area contributed by atoms with E-state index in [1.807, 2.05) is 23.1 Å². The van der Waals surface area contributed by atoms with E-state index in [0.29, 0.717) is 26.2 Å². The lowest BCUT2D eigenvalue weighted by molar-refractivity contribution is -0.139.